The van der Waals surface area contributed by atoms with Crippen molar-refractivity contribution in [2.24, 2.45) is 0 Å². The van der Waals surface area contributed by atoms with Gasteiger partial charge in [-0.3, -0.25) is 9.59 Å². The number of benzene rings is 2. The van der Waals surface area contributed by atoms with E-state index in [0.29, 0.717) is 25.3 Å². The van der Waals surface area contributed by atoms with Crippen LogP contribution in [0.4, 0.5) is 4.39 Å². The standard InChI is InChI=1S/C22H27FN2O2S/c1-3-20(22(27)24-4-2)25(14-17-8-6-5-7-9-17)21(26)16-28-15-18-10-12-19(23)13-11-18/h5-13,20H,3-4,14-16H2,1-2H3,(H,24,27). The lowest BCUT2D eigenvalue weighted by atomic mass is 10.1. The van der Waals surface area contributed by atoms with Gasteiger partial charge in [0.2, 0.25) is 11.8 Å². The Morgan fingerprint density at radius 1 is 1.04 bits per heavy atom. The first-order valence-corrected chi connectivity index (χ1v) is 10.6. The van der Waals surface area contributed by atoms with Crippen LogP contribution in [-0.4, -0.2) is 35.1 Å². The van der Waals surface area contributed by atoms with Crippen molar-refractivity contribution < 1.29 is 14.0 Å². The quantitative estimate of drug-likeness (QED) is 0.653. The van der Waals surface area contributed by atoms with Crippen molar-refractivity contribution in [3.05, 3.63) is 71.5 Å². The first-order valence-electron chi connectivity index (χ1n) is 9.48. The van der Waals surface area contributed by atoms with Gasteiger partial charge in [0.1, 0.15) is 11.9 Å². The highest BCUT2D eigenvalue weighted by atomic mass is 32.2. The number of halogens is 1. The Hall–Kier alpha value is -2.34. The number of carbonyl (C=O) groups is 2. The number of thioether (sulfide) groups is 1. The van der Waals surface area contributed by atoms with E-state index in [2.05, 4.69) is 5.32 Å². The van der Waals surface area contributed by atoms with Gasteiger partial charge in [-0.05, 0) is 36.6 Å². The van der Waals surface area contributed by atoms with Gasteiger partial charge in [0, 0.05) is 18.8 Å². The molecular weight excluding hydrogens is 375 g/mol. The van der Waals surface area contributed by atoms with E-state index in [4.69, 9.17) is 0 Å². The largest absolute Gasteiger partial charge is 0.355 e. The Labute approximate surface area is 170 Å². The fourth-order valence-electron chi connectivity index (χ4n) is 2.91. The van der Waals surface area contributed by atoms with Gasteiger partial charge in [-0.25, -0.2) is 4.39 Å². The van der Waals surface area contributed by atoms with E-state index in [-0.39, 0.29) is 23.4 Å². The topological polar surface area (TPSA) is 49.4 Å². The average molecular weight is 403 g/mol. The van der Waals surface area contributed by atoms with Crippen LogP contribution in [0.5, 0.6) is 0 Å². The minimum atomic E-state index is -0.501. The van der Waals surface area contributed by atoms with Crippen molar-refractivity contribution in [1.29, 1.82) is 0 Å². The molecule has 6 heteroatoms. The maximum absolute atomic E-state index is 13.0. The minimum Gasteiger partial charge on any atom is -0.355 e. The lowest BCUT2D eigenvalue weighted by Gasteiger charge is -2.30. The van der Waals surface area contributed by atoms with Crippen LogP contribution >= 0.6 is 11.8 Å². The van der Waals surface area contributed by atoms with Gasteiger partial charge in [0.05, 0.1) is 5.75 Å². The van der Waals surface area contributed by atoms with Crippen LogP contribution in [0, 0.1) is 5.82 Å². The molecule has 0 radical (unpaired) electrons. The van der Waals surface area contributed by atoms with E-state index < -0.39 is 6.04 Å². The van der Waals surface area contributed by atoms with Crippen molar-refractivity contribution in [3.8, 4) is 0 Å². The monoisotopic (exact) mass is 402 g/mol. The summed E-state index contributed by atoms with van der Waals surface area (Å²) in [6, 6.07) is 15.5. The molecule has 0 spiro atoms. The number of likely N-dealkylation sites (N-methyl/N-ethyl adjacent to an activating group) is 1. The van der Waals surface area contributed by atoms with E-state index in [9.17, 15) is 14.0 Å². The van der Waals surface area contributed by atoms with Crippen LogP contribution in [0.25, 0.3) is 0 Å². The predicted octanol–water partition coefficient (Wildman–Crippen LogP) is 4.00. The van der Waals surface area contributed by atoms with E-state index in [0.717, 1.165) is 11.1 Å². The number of rotatable bonds is 10. The third kappa shape index (κ3) is 6.68. The van der Waals surface area contributed by atoms with Crippen molar-refractivity contribution in [1.82, 2.24) is 10.2 Å². The summed E-state index contributed by atoms with van der Waals surface area (Å²) in [6.45, 7) is 4.71. The molecule has 0 aliphatic carbocycles. The summed E-state index contributed by atoms with van der Waals surface area (Å²) in [6.07, 6.45) is 0.549. The van der Waals surface area contributed by atoms with E-state index >= 15 is 0 Å². The fraction of sp³-hybridized carbons (Fsp3) is 0.364. The molecule has 0 saturated carbocycles. The average Bonchev–Trinajstić information content (AvgIpc) is 2.70. The van der Waals surface area contributed by atoms with Gasteiger partial charge in [-0.15, -0.1) is 11.8 Å². The molecule has 0 aromatic heterocycles. The molecule has 1 unspecified atom stereocenters. The van der Waals surface area contributed by atoms with Gasteiger partial charge >= 0.3 is 0 Å². The van der Waals surface area contributed by atoms with Crippen LogP contribution in [0.1, 0.15) is 31.4 Å². The number of hydrogen-bond donors (Lipinski definition) is 1. The molecule has 1 atom stereocenters. The summed E-state index contributed by atoms with van der Waals surface area (Å²) < 4.78 is 13.0. The van der Waals surface area contributed by atoms with Gasteiger partial charge in [-0.2, -0.15) is 0 Å². The van der Waals surface area contributed by atoms with Crippen molar-refractivity contribution in [2.45, 2.75) is 38.6 Å². The molecule has 2 aromatic rings. The molecule has 0 bridgehead atoms. The second-order valence-corrected chi connectivity index (χ2v) is 7.43. The Bertz CT molecular complexity index is 753. The normalized spacial score (nSPS) is 11.7. The zero-order chi connectivity index (χ0) is 20.4. The molecule has 2 amide bonds. The van der Waals surface area contributed by atoms with Crippen LogP contribution in [-0.2, 0) is 21.9 Å². The summed E-state index contributed by atoms with van der Waals surface area (Å²) in [5, 5.41) is 2.83. The van der Waals surface area contributed by atoms with Crippen molar-refractivity contribution in [3.63, 3.8) is 0 Å². The third-order valence-electron chi connectivity index (χ3n) is 4.34. The first kappa shape index (κ1) is 22.0. The Morgan fingerprint density at radius 2 is 1.71 bits per heavy atom. The van der Waals surface area contributed by atoms with Gasteiger partial charge in [0.15, 0.2) is 0 Å². The summed E-state index contributed by atoms with van der Waals surface area (Å²) in [5.74, 6) is 0.405. The molecule has 0 heterocycles. The van der Waals surface area contributed by atoms with E-state index in [1.165, 1.54) is 23.9 Å². The number of carbonyl (C=O) groups excluding carboxylic acids is 2. The minimum absolute atomic E-state index is 0.0749. The smallest absolute Gasteiger partial charge is 0.242 e. The highest BCUT2D eigenvalue weighted by molar-refractivity contribution is 7.99. The number of hydrogen-bond acceptors (Lipinski definition) is 3. The lowest BCUT2D eigenvalue weighted by Crippen LogP contribution is -2.49. The third-order valence-corrected chi connectivity index (χ3v) is 5.33. The van der Waals surface area contributed by atoms with Gasteiger partial charge in [-0.1, -0.05) is 49.4 Å². The molecule has 2 aromatic carbocycles. The maximum atomic E-state index is 13.0. The highest BCUT2D eigenvalue weighted by Gasteiger charge is 2.28. The molecule has 2 rings (SSSR count). The molecule has 0 fully saturated rings. The summed E-state index contributed by atoms with van der Waals surface area (Å²) in [4.78, 5) is 27.1. The zero-order valence-corrected chi connectivity index (χ0v) is 17.2. The molecule has 0 aliphatic heterocycles. The van der Waals surface area contributed by atoms with Crippen molar-refractivity contribution >= 4 is 23.6 Å². The predicted molar refractivity (Wildman–Crippen MR) is 112 cm³/mol. The first-order chi connectivity index (χ1) is 13.5. The summed E-state index contributed by atoms with van der Waals surface area (Å²) in [7, 11) is 0. The summed E-state index contributed by atoms with van der Waals surface area (Å²) >= 11 is 1.47. The molecule has 0 saturated heterocycles. The number of amides is 2. The molecule has 4 nitrogen and oxygen atoms in total. The second-order valence-electron chi connectivity index (χ2n) is 6.45. The zero-order valence-electron chi connectivity index (χ0n) is 16.4. The van der Waals surface area contributed by atoms with E-state index in [1.54, 1.807) is 17.0 Å². The number of nitrogens with zero attached hydrogens (tertiary/aromatic N) is 1. The van der Waals surface area contributed by atoms with Crippen LogP contribution < -0.4 is 5.32 Å². The Kier molecular flexibility index (Phi) is 9.01. The highest BCUT2D eigenvalue weighted by Crippen LogP contribution is 2.17. The van der Waals surface area contributed by atoms with Crippen LogP contribution in [0.2, 0.25) is 0 Å². The lowest BCUT2D eigenvalue weighted by molar-refractivity contribution is -0.139. The molecule has 1 N–H and O–H groups in total. The molecule has 28 heavy (non-hydrogen) atoms. The number of nitrogens with one attached hydrogen (secondary N) is 1. The van der Waals surface area contributed by atoms with Crippen LogP contribution in [0.3, 0.4) is 0 Å². The molecular formula is C22H27FN2O2S. The van der Waals surface area contributed by atoms with Crippen LogP contribution in [0.15, 0.2) is 54.6 Å². The molecule has 0 aliphatic rings. The Morgan fingerprint density at radius 3 is 2.32 bits per heavy atom. The van der Waals surface area contributed by atoms with Crippen molar-refractivity contribution in [2.75, 3.05) is 12.3 Å². The van der Waals surface area contributed by atoms with Gasteiger partial charge < -0.3 is 10.2 Å². The SMILES string of the molecule is CCNC(=O)C(CC)N(Cc1ccccc1)C(=O)CSCc1ccc(F)cc1. The maximum Gasteiger partial charge on any atom is 0.242 e. The Balaban J connectivity index is 2.06. The second kappa shape index (κ2) is 11.5. The van der Waals surface area contributed by atoms with Gasteiger partial charge in [0.25, 0.3) is 0 Å². The molecule has 150 valence electrons. The fourth-order valence-corrected chi connectivity index (χ4v) is 3.78. The van der Waals surface area contributed by atoms with E-state index in [1.807, 2.05) is 44.2 Å². The summed E-state index contributed by atoms with van der Waals surface area (Å²) in [5.41, 5.74) is 1.95.